The minimum Gasteiger partial charge on any atom is -0.496 e. The fourth-order valence-electron chi connectivity index (χ4n) is 3.58. The number of aliphatic imine (C=N–C) groups is 1. The molecule has 2 nitrogen and oxygen atoms in total. The molecule has 0 bridgehead atoms. The zero-order valence-electron chi connectivity index (χ0n) is 16.2. The highest BCUT2D eigenvalue weighted by molar-refractivity contribution is 5.97. The number of hydrogen-bond donors (Lipinski definition) is 0. The molecule has 0 spiro atoms. The van der Waals surface area contributed by atoms with Gasteiger partial charge < -0.3 is 4.74 Å². The Morgan fingerprint density at radius 3 is 2.69 bits per heavy atom. The summed E-state index contributed by atoms with van der Waals surface area (Å²) in [7, 11) is 1.76. The second-order valence-electron chi connectivity index (χ2n) is 6.74. The smallest absolute Gasteiger partial charge is 0.124 e. The minimum absolute atomic E-state index is 0.999. The average Bonchev–Trinajstić information content (AvgIpc) is 2.68. The predicted molar refractivity (Wildman–Crippen MR) is 112 cm³/mol. The Balaban J connectivity index is 1.90. The molecule has 0 amide bonds. The first-order valence-electron chi connectivity index (χ1n) is 9.28. The van der Waals surface area contributed by atoms with Crippen LogP contribution in [0.4, 0.5) is 5.69 Å². The van der Waals surface area contributed by atoms with Crippen LogP contribution in [0.25, 0.3) is 10.8 Å². The molecule has 0 aromatic heterocycles. The third kappa shape index (κ3) is 3.80. The van der Waals surface area contributed by atoms with E-state index in [1.165, 1.54) is 33.9 Å². The van der Waals surface area contributed by atoms with E-state index >= 15 is 0 Å². The van der Waals surface area contributed by atoms with E-state index in [0.717, 1.165) is 30.0 Å². The molecule has 0 saturated carbocycles. The van der Waals surface area contributed by atoms with Crippen molar-refractivity contribution < 1.29 is 4.74 Å². The Bertz CT molecular complexity index is 928. The van der Waals surface area contributed by atoms with E-state index in [9.17, 15) is 0 Å². The van der Waals surface area contributed by atoms with Gasteiger partial charge in [-0.15, -0.1) is 0 Å². The first-order valence-corrected chi connectivity index (χ1v) is 9.28. The van der Waals surface area contributed by atoms with E-state index in [0.29, 0.717) is 0 Å². The van der Waals surface area contributed by atoms with Crippen LogP contribution in [-0.2, 0) is 4.74 Å². The topological polar surface area (TPSA) is 21.6 Å². The van der Waals surface area contributed by atoms with Crippen LogP contribution in [0.1, 0.15) is 38.7 Å². The third-order valence-corrected chi connectivity index (χ3v) is 5.02. The van der Waals surface area contributed by atoms with Gasteiger partial charge in [-0.1, -0.05) is 42.5 Å². The SMILES string of the molecule is C/C=C1\CCCC(/C=C/C(C)=Nc2ccc3ccccc3c2C)=C1OC. The normalized spacial score (nSPS) is 17.5. The Kier molecular flexibility index (Phi) is 5.72. The molecule has 0 atom stereocenters. The van der Waals surface area contributed by atoms with Crippen molar-refractivity contribution >= 4 is 22.2 Å². The lowest BCUT2D eigenvalue weighted by molar-refractivity contribution is 0.288. The van der Waals surface area contributed by atoms with Crippen molar-refractivity contribution in [2.75, 3.05) is 7.11 Å². The van der Waals surface area contributed by atoms with E-state index < -0.39 is 0 Å². The molecule has 1 aliphatic carbocycles. The van der Waals surface area contributed by atoms with E-state index in [1.54, 1.807) is 7.11 Å². The summed E-state index contributed by atoms with van der Waals surface area (Å²) < 4.78 is 5.65. The van der Waals surface area contributed by atoms with Gasteiger partial charge in [0.1, 0.15) is 5.76 Å². The van der Waals surface area contributed by atoms with Crippen molar-refractivity contribution in [3.8, 4) is 0 Å². The zero-order valence-corrected chi connectivity index (χ0v) is 16.2. The van der Waals surface area contributed by atoms with Gasteiger partial charge in [-0.05, 0) is 79.7 Å². The van der Waals surface area contributed by atoms with Crippen LogP contribution in [0.3, 0.4) is 0 Å². The highest BCUT2D eigenvalue weighted by atomic mass is 16.5. The zero-order chi connectivity index (χ0) is 18.5. The number of nitrogens with zero attached hydrogens (tertiary/aromatic N) is 1. The van der Waals surface area contributed by atoms with Gasteiger partial charge in [-0.3, -0.25) is 4.99 Å². The number of aryl methyl sites for hydroxylation is 1. The first-order chi connectivity index (χ1) is 12.6. The Labute approximate surface area is 156 Å². The molecular formula is C24H27NO. The number of methoxy groups -OCH3 is 1. The molecule has 0 heterocycles. The van der Waals surface area contributed by atoms with Crippen LogP contribution in [0.15, 0.2) is 76.5 Å². The molecule has 0 radical (unpaired) electrons. The van der Waals surface area contributed by atoms with Crippen LogP contribution in [0.5, 0.6) is 0 Å². The highest BCUT2D eigenvalue weighted by Gasteiger charge is 2.15. The van der Waals surface area contributed by atoms with Gasteiger partial charge in [-0.2, -0.15) is 0 Å². The van der Waals surface area contributed by atoms with Crippen LogP contribution in [-0.4, -0.2) is 12.8 Å². The summed E-state index contributed by atoms with van der Waals surface area (Å²) in [5.41, 5.74) is 5.82. The lowest BCUT2D eigenvalue weighted by atomic mass is 9.92. The molecule has 2 aromatic carbocycles. The molecule has 2 heteroatoms. The van der Waals surface area contributed by atoms with E-state index in [4.69, 9.17) is 9.73 Å². The Hall–Kier alpha value is -2.61. The van der Waals surface area contributed by atoms with Gasteiger partial charge in [-0.25, -0.2) is 0 Å². The maximum Gasteiger partial charge on any atom is 0.124 e. The van der Waals surface area contributed by atoms with Crippen molar-refractivity contribution in [2.24, 2.45) is 4.99 Å². The molecule has 134 valence electrons. The first kappa shape index (κ1) is 18.2. The summed E-state index contributed by atoms with van der Waals surface area (Å²) in [6.07, 6.45) is 9.75. The van der Waals surface area contributed by atoms with E-state index in [1.807, 2.05) is 0 Å². The monoisotopic (exact) mass is 345 g/mol. The molecular weight excluding hydrogens is 318 g/mol. The highest BCUT2D eigenvalue weighted by Crippen LogP contribution is 2.31. The van der Waals surface area contributed by atoms with Crippen LogP contribution < -0.4 is 0 Å². The molecule has 3 rings (SSSR count). The maximum atomic E-state index is 5.65. The molecule has 0 fully saturated rings. The Morgan fingerprint density at radius 2 is 1.92 bits per heavy atom. The van der Waals surface area contributed by atoms with Gasteiger partial charge in [0.2, 0.25) is 0 Å². The largest absolute Gasteiger partial charge is 0.496 e. The summed E-state index contributed by atoms with van der Waals surface area (Å²) in [6, 6.07) is 12.7. The van der Waals surface area contributed by atoms with Crippen molar-refractivity contribution in [2.45, 2.75) is 40.0 Å². The average molecular weight is 345 g/mol. The minimum atomic E-state index is 0.999. The molecule has 26 heavy (non-hydrogen) atoms. The number of ether oxygens (including phenoxy) is 1. The van der Waals surface area contributed by atoms with Gasteiger partial charge in [0.25, 0.3) is 0 Å². The summed E-state index contributed by atoms with van der Waals surface area (Å²) in [5, 5.41) is 2.52. The summed E-state index contributed by atoms with van der Waals surface area (Å²) in [5.74, 6) is 1.03. The molecule has 0 saturated heterocycles. The van der Waals surface area contributed by atoms with Crippen molar-refractivity contribution in [3.05, 3.63) is 77.1 Å². The number of fused-ring (bicyclic) bond motifs is 1. The van der Waals surface area contributed by atoms with Crippen molar-refractivity contribution in [1.29, 1.82) is 0 Å². The van der Waals surface area contributed by atoms with Crippen LogP contribution >= 0.6 is 0 Å². The van der Waals surface area contributed by atoms with E-state index in [2.05, 4.69) is 75.4 Å². The predicted octanol–water partition coefficient (Wildman–Crippen LogP) is 6.83. The standard InChI is InChI=1S/C24H27NO/c1-5-19-10-8-11-21(24(19)26-4)14-13-17(2)25-23-16-15-20-9-6-7-12-22(20)18(23)3/h5-7,9,12-16H,8,10-11H2,1-4H3/b14-13+,19-5+,25-17?. The summed E-state index contributed by atoms with van der Waals surface area (Å²) in [6.45, 7) is 6.27. The number of benzene rings is 2. The van der Waals surface area contributed by atoms with Crippen LogP contribution in [0.2, 0.25) is 0 Å². The van der Waals surface area contributed by atoms with Gasteiger partial charge in [0, 0.05) is 5.71 Å². The van der Waals surface area contributed by atoms with Gasteiger partial charge in [0.05, 0.1) is 12.8 Å². The lowest BCUT2D eigenvalue weighted by Gasteiger charge is -2.20. The lowest BCUT2D eigenvalue weighted by Crippen LogP contribution is -2.04. The second-order valence-corrected chi connectivity index (χ2v) is 6.74. The van der Waals surface area contributed by atoms with E-state index in [-0.39, 0.29) is 0 Å². The third-order valence-electron chi connectivity index (χ3n) is 5.02. The number of allylic oxidation sites excluding steroid dienone is 5. The fourth-order valence-corrected chi connectivity index (χ4v) is 3.58. The number of hydrogen-bond acceptors (Lipinski definition) is 2. The quantitative estimate of drug-likeness (QED) is 0.557. The molecule has 2 aromatic rings. The maximum absolute atomic E-state index is 5.65. The number of rotatable bonds is 4. The molecule has 1 aliphatic rings. The molecule has 0 N–H and O–H groups in total. The van der Waals surface area contributed by atoms with Gasteiger partial charge >= 0.3 is 0 Å². The summed E-state index contributed by atoms with van der Waals surface area (Å²) in [4.78, 5) is 4.83. The van der Waals surface area contributed by atoms with Crippen molar-refractivity contribution in [1.82, 2.24) is 0 Å². The Morgan fingerprint density at radius 1 is 1.12 bits per heavy atom. The van der Waals surface area contributed by atoms with Crippen LogP contribution in [0, 0.1) is 6.92 Å². The molecule has 0 unspecified atom stereocenters. The van der Waals surface area contributed by atoms with Gasteiger partial charge in [0.15, 0.2) is 0 Å². The summed E-state index contributed by atoms with van der Waals surface area (Å²) >= 11 is 0. The fraction of sp³-hybridized carbons (Fsp3) is 0.292. The second kappa shape index (κ2) is 8.18. The van der Waals surface area contributed by atoms with Crippen molar-refractivity contribution in [3.63, 3.8) is 0 Å². The molecule has 0 aliphatic heterocycles.